The normalized spacial score (nSPS) is 18.4. The molecule has 0 aliphatic carbocycles. The predicted molar refractivity (Wildman–Crippen MR) is 107 cm³/mol. The fourth-order valence-corrected chi connectivity index (χ4v) is 4.31. The molecule has 1 atom stereocenters. The van der Waals surface area contributed by atoms with Gasteiger partial charge in [0.2, 0.25) is 6.79 Å². The molecule has 0 N–H and O–H groups in total. The molecule has 1 amide bonds. The Morgan fingerprint density at radius 2 is 2.07 bits per heavy atom. The Balaban J connectivity index is 1.62. The van der Waals surface area contributed by atoms with Crippen LogP contribution in [-0.4, -0.2) is 40.3 Å². The summed E-state index contributed by atoms with van der Waals surface area (Å²) in [6.07, 6.45) is 4.21. The lowest BCUT2D eigenvalue weighted by Gasteiger charge is -2.35. The molecular weight excluding hydrogens is 370 g/mol. The Kier molecular flexibility index (Phi) is 4.38. The number of nitrogens with zero attached hydrogens (tertiary/aromatic N) is 3. The van der Waals surface area contributed by atoms with Crippen LogP contribution in [0.25, 0.3) is 22.4 Å². The third-order valence-electron chi connectivity index (χ3n) is 5.88. The van der Waals surface area contributed by atoms with E-state index in [1.165, 1.54) is 6.42 Å². The summed E-state index contributed by atoms with van der Waals surface area (Å²) in [5, 5.41) is 4.76. The molecule has 0 saturated carbocycles. The zero-order valence-corrected chi connectivity index (χ0v) is 16.6. The number of hydrogen-bond donors (Lipinski definition) is 0. The van der Waals surface area contributed by atoms with E-state index in [2.05, 4.69) is 17.1 Å². The second-order valence-electron chi connectivity index (χ2n) is 7.63. The molecule has 0 unspecified atom stereocenters. The second kappa shape index (κ2) is 7.06. The van der Waals surface area contributed by atoms with Gasteiger partial charge in [0, 0.05) is 18.2 Å². The standard InChI is InChI=1S/C22H23N3O4/c1-3-15-6-4-5-9-25(15)22(26)16-11-17(23-21-20(16)13(2)24-29-21)14-7-8-18-19(10-14)28-12-27-18/h7-8,10-11,15H,3-6,9,12H2,1-2H3/t15-/m1/s1. The van der Waals surface area contributed by atoms with Crippen molar-refractivity contribution in [2.24, 2.45) is 0 Å². The second-order valence-corrected chi connectivity index (χ2v) is 7.63. The molecule has 0 spiro atoms. The van der Waals surface area contributed by atoms with Crippen molar-refractivity contribution in [3.05, 3.63) is 35.5 Å². The van der Waals surface area contributed by atoms with Crippen LogP contribution in [0.4, 0.5) is 0 Å². The largest absolute Gasteiger partial charge is 0.454 e. The van der Waals surface area contributed by atoms with Gasteiger partial charge in [0.1, 0.15) is 0 Å². The number of likely N-dealkylation sites (tertiary alicyclic amines) is 1. The topological polar surface area (TPSA) is 77.7 Å². The summed E-state index contributed by atoms with van der Waals surface area (Å²) in [4.78, 5) is 20.2. The lowest BCUT2D eigenvalue weighted by atomic mass is 9.97. The van der Waals surface area contributed by atoms with Crippen molar-refractivity contribution >= 4 is 17.0 Å². The highest BCUT2D eigenvalue weighted by molar-refractivity contribution is 6.07. The number of fused-ring (bicyclic) bond motifs is 2. The van der Waals surface area contributed by atoms with Crippen molar-refractivity contribution in [3.63, 3.8) is 0 Å². The van der Waals surface area contributed by atoms with Gasteiger partial charge >= 0.3 is 0 Å². The van der Waals surface area contributed by atoms with Gasteiger partial charge in [-0.25, -0.2) is 4.98 Å². The van der Waals surface area contributed by atoms with Crippen LogP contribution in [0, 0.1) is 6.92 Å². The van der Waals surface area contributed by atoms with E-state index < -0.39 is 0 Å². The molecule has 29 heavy (non-hydrogen) atoms. The summed E-state index contributed by atoms with van der Waals surface area (Å²) in [5.74, 6) is 1.41. The summed E-state index contributed by atoms with van der Waals surface area (Å²) in [5.41, 5.74) is 3.15. The quantitative estimate of drug-likeness (QED) is 0.659. The first-order valence-corrected chi connectivity index (χ1v) is 10.1. The van der Waals surface area contributed by atoms with Crippen LogP contribution >= 0.6 is 0 Å². The lowest BCUT2D eigenvalue weighted by Crippen LogP contribution is -2.43. The van der Waals surface area contributed by atoms with Crippen LogP contribution in [0.1, 0.15) is 48.7 Å². The van der Waals surface area contributed by atoms with Gasteiger partial charge in [-0.15, -0.1) is 0 Å². The molecule has 1 fully saturated rings. The van der Waals surface area contributed by atoms with E-state index in [1.54, 1.807) is 0 Å². The molecule has 2 aliphatic heterocycles. The molecule has 150 valence electrons. The predicted octanol–water partition coefficient (Wildman–Crippen LogP) is 4.33. The summed E-state index contributed by atoms with van der Waals surface area (Å²) in [6.45, 7) is 4.98. The molecule has 1 saturated heterocycles. The van der Waals surface area contributed by atoms with E-state index in [1.807, 2.05) is 36.1 Å². The summed E-state index contributed by atoms with van der Waals surface area (Å²) >= 11 is 0. The highest BCUT2D eigenvalue weighted by atomic mass is 16.7. The molecule has 7 heteroatoms. The lowest BCUT2D eigenvalue weighted by molar-refractivity contribution is 0.0610. The number of carbonyl (C=O) groups excluding carboxylic acids is 1. The number of ether oxygens (including phenoxy) is 2. The number of aryl methyl sites for hydroxylation is 1. The van der Waals surface area contributed by atoms with Gasteiger partial charge in [-0.05, 0) is 56.9 Å². The van der Waals surface area contributed by atoms with E-state index in [0.29, 0.717) is 39.6 Å². The first-order valence-electron chi connectivity index (χ1n) is 10.1. The molecule has 0 radical (unpaired) electrons. The van der Waals surface area contributed by atoms with Crippen LogP contribution in [0.5, 0.6) is 11.5 Å². The number of benzene rings is 1. The van der Waals surface area contributed by atoms with Crippen LogP contribution < -0.4 is 9.47 Å². The van der Waals surface area contributed by atoms with Crippen LogP contribution in [-0.2, 0) is 0 Å². The van der Waals surface area contributed by atoms with Gasteiger partial charge in [-0.2, -0.15) is 0 Å². The molecule has 2 aliphatic rings. The van der Waals surface area contributed by atoms with Gasteiger partial charge in [-0.1, -0.05) is 12.1 Å². The Labute approximate surface area is 168 Å². The highest BCUT2D eigenvalue weighted by Crippen LogP contribution is 2.37. The average Bonchev–Trinajstić information content (AvgIpc) is 3.38. The number of hydrogen-bond acceptors (Lipinski definition) is 6. The minimum atomic E-state index is 0.0252. The van der Waals surface area contributed by atoms with Gasteiger partial charge in [-0.3, -0.25) is 4.79 Å². The van der Waals surface area contributed by atoms with E-state index >= 15 is 0 Å². The van der Waals surface area contributed by atoms with Gasteiger partial charge in [0.15, 0.2) is 11.5 Å². The Morgan fingerprint density at radius 3 is 2.93 bits per heavy atom. The highest BCUT2D eigenvalue weighted by Gasteiger charge is 2.29. The molecule has 1 aromatic carbocycles. The molecule has 4 heterocycles. The molecule has 5 rings (SSSR count). The zero-order valence-electron chi connectivity index (χ0n) is 16.6. The number of pyridine rings is 1. The smallest absolute Gasteiger partial charge is 0.259 e. The molecule has 7 nitrogen and oxygen atoms in total. The summed E-state index contributed by atoms with van der Waals surface area (Å²) in [7, 11) is 0. The van der Waals surface area contributed by atoms with Crippen molar-refractivity contribution in [1.82, 2.24) is 15.0 Å². The van der Waals surface area contributed by atoms with Crippen LogP contribution in [0.3, 0.4) is 0 Å². The van der Waals surface area contributed by atoms with E-state index in [0.717, 1.165) is 31.4 Å². The molecule has 2 aromatic heterocycles. The monoisotopic (exact) mass is 393 g/mol. The third-order valence-corrected chi connectivity index (χ3v) is 5.88. The molecular formula is C22H23N3O4. The SMILES string of the molecule is CC[C@@H]1CCCCN1C(=O)c1cc(-c2ccc3c(c2)OCO3)nc2onc(C)c12. The van der Waals surface area contributed by atoms with E-state index in [-0.39, 0.29) is 18.7 Å². The maximum Gasteiger partial charge on any atom is 0.259 e. The van der Waals surface area contributed by atoms with E-state index in [4.69, 9.17) is 14.0 Å². The van der Waals surface area contributed by atoms with Gasteiger partial charge in [0.25, 0.3) is 11.6 Å². The van der Waals surface area contributed by atoms with Crippen LogP contribution in [0.2, 0.25) is 0 Å². The molecule has 3 aromatic rings. The van der Waals surface area contributed by atoms with Crippen molar-refractivity contribution in [1.29, 1.82) is 0 Å². The zero-order chi connectivity index (χ0) is 20.0. The van der Waals surface area contributed by atoms with Crippen molar-refractivity contribution in [2.45, 2.75) is 45.6 Å². The Hall–Kier alpha value is -3.09. The van der Waals surface area contributed by atoms with Crippen LogP contribution in [0.15, 0.2) is 28.8 Å². The number of amides is 1. The summed E-state index contributed by atoms with van der Waals surface area (Å²) < 4.78 is 16.3. The number of carbonyl (C=O) groups is 1. The summed E-state index contributed by atoms with van der Waals surface area (Å²) in [6, 6.07) is 7.77. The fraction of sp³-hybridized carbons (Fsp3) is 0.409. The minimum absolute atomic E-state index is 0.0252. The van der Waals surface area contributed by atoms with Crippen molar-refractivity contribution in [2.75, 3.05) is 13.3 Å². The Morgan fingerprint density at radius 1 is 1.21 bits per heavy atom. The maximum absolute atomic E-state index is 13.6. The first-order chi connectivity index (χ1) is 14.2. The Bertz CT molecular complexity index is 1090. The third kappa shape index (κ3) is 3.01. The first kappa shape index (κ1) is 18.0. The maximum atomic E-state index is 13.6. The van der Waals surface area contributed by atoms with E-state index in [9.17, 15) is 4.79 Å². The van der Waals surface area contributed by atoms with Crippen molar-refractivity contribution in [3.8, 4) is 22.8 Å². The molecule has 0 bridgehead atoms. The van der Waals surface area contributed by atoms with Crippen molar-refractivity contribution < 1.29 is 18.8 Å². The minimum Gasteiger partial charge on any atom is -0.454 e. The number of piperidine rings is 1. The average molecular weight is 393 g/mol. The number of rotatable bonds is 3. The number of aromatic nitrogens is 2. The fourth-order valence-electron chi connectivity index (χ4n) is 4.31. The van der Waals surface area contributed by atoms with Gasteiger partial charge in [0.05, 0.1) is 22.3 Å². The van der Waals surface area contributed by atoms with Gasteiger partial charge < -0.3 is 18.9 Å².